The summed E-state index contributed by atoms with van der Waals surface area (Å²) in [6.07, 6.45) is 2.60. The lowest BCUT2D eigenvalue weighted by atomic mass is 9.94. The van der Waals surface area contributed by atoms with Gasteiger partial charge in [0.05, 0.1) is 5.92 Å². The number of hydrogen-bond donors (Lipinski definition) is 0. The Kier molecular flexibility index (Phi) is 4.17. The second-order valence-corrected chi connectivity index (χ2v) is 3.42. The van der Waals surface area contributed by atoms with Crippen LogP contribution in [0, 0.1) is 0 Å². The maximum absolute atomic E-state index is 10.9. The minimum Gasteiger partial charge on any atom is -0.247 e. The predicted molar refractivity (Wildman–Crippen MR) is 54.4 cm³/mol. The van der Waals surface area contributed by atoms with Crippen molar-refractivity contribution in [2.75, 3.05) is 0 Å². The summed E-state index contributed by atoms with van der Waals surface area (Å²) in [7, 11) is 0. The highest BCUT2D eigenvalue weighted by Crippen LogP contribution is 2.22. The van der Waals surface area contributed by atoms with Crippen LogP contribution in [0.5, 0.6) is 0 Å². The smallest absolute Gasteiger partial charge is 0.247 e. The normalized spacial score (nSPS) is 12.4. The van der Waals surface area contributed by atoms with E-state index in [-0.39, 0.29) is 0 Å². The molecule has 0 amide bonds. The fraction of sp³-hybridized carbons (Fsp3) is 0.417. The number of unbranched alkanes of at least 4 members (excludes halogenated alkanes) is 1. The Morgan fingerprint density at radius 1 is 1.29 bits per heavy atom. The van der Waals surface area contributed by atoms with Crippen LogP contribution >= 0.6 is 0 Å². The average molecular weight is 191 g/mol. The molecule has 2 heteroatoms. The zero-order chi connectivity index (χ0) is 10.4. The molecule has 0 saturated heterocycles. The molecule has 0 aliphatic heterocycles. The van der Waals surface area contributed by atoms with Crippen LogP contribution in [0.25, 0.3) is 0 Å². The molecule has 1 aromatic carbocycles. The molecule has 0 fully saturated rings. The molecule has 1 aromatic rings. The van der Waals surface area contributed by atoms with Crippen molar-refractivity contribution >= 4 is 5.97 Å². The Morgan fingerprint density at radius 3 is 2.43 bits per heavy atom. The molecule has 1 atom stereocenters. The van der Waals surface area contributed by atoms with Crippen molar-refractivity contribution in [2.24, 2.45) is 0 Å². The Morgan fingerprint density at radius 2 is 1.93 bits per heavy atom. The summed E-state index contributed by atoms with van der Waals surface area (Å²) in [5.74, 6) is -1.42. The van der Waals surface area contributed by atoms with Crippen molar-refractivity contribution < 1.29 is 9.90 Å². The summed E-state index contributed by atoms with van der Waals surface area (Å²) in [6, 6.07) is 9.29. The van der Waals surface area contributed by atoms with Gasteiger partial charge < -0.3 is 0 Å². The van der Waals surface area contributed by atoms with E-state index in [0.717, 1.165) is 18.4 Å². The molecular formula is C12H15O2. The topological polar surface area (TPSA) is 37.0 Å². The highest BCUT2D eigenvalue weighted by atomic mass is 16.4. The van der Waals surface area contributed by atoms with Crippen molar-refractivity contribution in [3.05, 3.63) is 35.9 Å². The van der Waals surface area contributed by atoms with Gasteiger partial charge in [-0.2, -0.15) is 0 Å². The number of rotatable bonds is 5. The first-order valence-corrected chi connectivity index (χ1v) is 5.01. The molecule has 75 valence electrons. The van der Waals surface area contributed by atoms with E-state index < -0.39 is 11.9 Å². The monoisotopic (exact) mass is 191 g/mol. The highest BCUT2D eigenvalue weighted by Gasteiger charge is 2.20. The number of carbonyl (C=O) groups is 1. The van der Waals surface area contributed by atoms with Crippen LogP contribution in [-0.2, 0) is 9.90 Å². The first-order valence-electron chi connectivity index (χ1n) is 5.01. The van der Waals surface area contributed by atoms with E-state index in [2.05, 4.69) is 6.92 Å². The van der Waals surface area contributed by atoms with E-state index in [1.54, 1.807) is 0 Å². The molecule has 1 unspecified atom stereocenters. The molecule has 0 spiro atoms. The fourth-order valence-corrected chi connectivity index (χ4v) is 1.51. The molecule has 0 saturated carbocycles. The van der Waals surface area contributed by atoms with Crippen LogP contribution in [0.15, 0.2) is 30.3 Å². The van der Waals surface area contributed by atoms with Gasteiger partial charge in [0, 0.05) is 0 Å². The van der Waals surface area contributed by atoms with Crippen LogP contribution in [0.2, 0.25) is 0 Å². The molecule has 1 radical (unpaired) electrons. The second-order valence-electron chi connectivity index (χ2n) is 3.42. The maximum Gasteiger partial charge on any atom is 0.362 e. The lowest BCUT2D eigenvalue weighted by Gasteiger charge is -2.09. The van der Waals surface area contributed by atoms with Gasteiger partial charge in [-0.3, -0.25) is 0 Å². The third-order valence-electron chi connectivity index (χ3n) is 2.33. The Bertz CT molecular complexity index is 280. The van der Waals surface area contributed by atoms with E-state index >= 15 is 0 Å². The molecule has 0 heterocycles. The summed E-state index contributed by atoms with van der Waals surface area (Å²) < 4.78 is 0. The summed E-state index contributed by atoms with van der Waals surface area (Å²) in [5, 5.41) is 10.9. The Labute approximate surface area is 84.6 Å². The van der Waals surface area contributed by atoms with Crippen LogP contribution in [-0.4, -0.2) is 5.97 Å². The minimum atomic E-state index is -0.968. The zero-order valence-corrected chi connectivity index (χ0v) is 8.40. The van der Waals surface area contributed by atoms with Crippen LogP contribution in [0.1, 0.15) is 37.7 Å². The van der Waals surface area contributed by atoms with Gasteiger partial charge in [0.1, 0.15) is 0 Å². The van der Waals surface area contributed by atoms with E-state index in [0.29, 0.717) is 6.42 Å². The largest absolute Gasteiger partial charge is 0.362 e. The van der Waals surface area contributed by atoms with Crippen LogP contribution in [0.4, 0.5) is 0 Å². The van der Waals surface area contributed by atoms with E-state index in [1.165, 1.54) is 0 Å². The molecule has 0 aliphatic carbocycles. The van der Waals surface area contributed by atoms with E-state index in [1.807, 2.05) is 30.3 Å². The molecule has 0 aromatic heterocycles. The summed E-state index contributed by atoms with van der Waals surface area (Å²) in [5.41, 5.74) is 0.848. The minimum absolute atomic E-state index is 0.448. The van der Waals surface area contributed by atoms with Gasteiger partial charge >= 0.3 is 5.97 Å². The van der Waals surface area contributed by atoms with Gasteiger partial charge in [-0.25, -0.2) is 9.90 Å². The third-order valence-corrected chi connectivity index (χ3v) is 2.33. The van der Waals surface area contributed by atoms with E-state index in [9.17, 15) is 9.90 Å². The molecular weight excluding hydrogens is 176 g/mol. The maximum atomic E-state index is 10.9. The summed E-state index contributed by atoms with van der Waals surface area (Å²) in [4.78, 5) is 10.9. The van der Waals surface area contributed by atoms with Gasteiger partial charge in [-0.15, -0.1) is 0 Å². The number of benzene rings is 1. The molecule has 0 bridgehead atoms. The van der Waals surface area contributed by atoms with Gasteiger partial charge in [0.15, 0.2) is 0 Å². The zero-order valence-electron chi connectivity index (χ0n) is 8.40. The standard InChI is InChI=1S/C12H15O2/c1-2-3-9-11(12(13)14)10-7-5-4-6-8-10/h4-8,11H,2-3,9H2,1H3. The van der Waals surface area contributed by atoms with Crippen molar-refractivity contribution in [2.45, 2.75) is 32.1 Å². The number of carbonyl (C=O) groups excluding carboxylic acids is 1. The average Bonchev–Trinajstić information content (AvgIpc) is 2.19. The molecule has 1 rings (SSSR count). The molecule has 0 aliphatic rings. The summed E-state index contributed by atoms with van der Waals surface area (Å²) in [6.45, 7) is 2.05. The van der Waals surface area contributed by atoms with Crippen molar-refractivity contribution in [3.63, 3.8) is 0 Å². The molecule has 0 N–H and O–H groups in total. The van der Waals surface area contributed by atoms with Gasteiger partial charge in [0.25, 0.3) is 0 Å². The van der Waals surface area contributed by atoms with Crippen LogP contribution < -0.4 is 0 Å². The Balaban J connectivity index is 2.73. The van der Waals surface area contributed by atoms with Gasteiger partial charge in [-0.1, -0.05) is 50.1 Å². The van der Waals surface area contributed by atoms with Gasteiger partial charge in [-0.05, 0) is 12.0 Å². The van der Waals surface area contributed by atoms with Crippen molar-refractivity contribution in [3.8, 4) is 0 Å². The lowest BCUT2D eigenvalue weighted by molar-refractivity contribution is -0.145. The van der Waals surface area contributed by atoms with Crippen molar-refractivity contribution in [1.82, 2.24) is 0 Å². The predicted octanol–water partition coefficient (Wildman–Crippen LogP) is 2.92. The van der Waals surface area contributed by atoms with Crippen LogP contribution in [0.3, 0.4) is 0 Å². The molecule has 14 heavy (non-hydrogen) atoms. The quantitative estimate of drug-likeness (QED) is 0.705. The first-order chi connectivity index (χ1) is 6.75. The first kappa shape index (κ1) is 10.8. The second kappa shape index (κ2) is 5.43. The van der Waals surface area contributed by atoms with Gasteiger partial charge in [0.2, 0.25) is 0 Å². The SMILES string of the molecule is CCCCC(C([O])=O)c1ccccc1. The number of hydrogen-bond acceptors (Lipinski definition) is 1. The highest BCUT2D eigenvalue weighted by molar-refractivity contribution is 5.75. The Hall–Kier alpha value is -1.31. The lowest BCUT2D eigenvalue weighted by Crippen LogP contribution is -2.10. The fourth-order valence-electron chi connectivity index (χ4n) is 1.51. The van der Waals surface area contributed by atoms with E-state index in [4.69, 9.17) is 0 Å². The molecule has 2 nitrogen and oxygen atoms in total. The third kappa shape index (κ3) is 2.87. The van der Waals surface area contributed by atoms with Crippen molar-refractivity contribution in [1.29, 1.82) is 0 Å². The summed E-state index contributed by atoms with van der Waals surface area (Å²) >= 11 is 0.